The summed E-state index contributed by atoms with van der Waals surface area (Å²) in [4.78, 5) is 12.2. The van der Waals surface area contributed by atoms with E-state index in [0.29, 0.717) is 35.7 Å². The molecule has 0 saturated heterocycles. The van der Waals surface area contributed by atoms with Crippen molar-refractivity contribution in [2.75, 3.05) is 11.3 Å². The van der Waals surface area contributed by atoms with Crippen molar-refractivity contribution < 1.29 is 17.9 Å². The molecule has 0 bridgehead atoms. The Kier molecular flexibility index (Phi) is 6.74. The lowest BCUT2D eigenvalue weighted by atomic mass is 10.1. The second-order valence-corrected chi connectivity index (χ2v) is 8.42. The topological polar surface area (TPSA) is 84.5 Å². The first-order chi connectivity index (χ1) is 14.4. The van der Waals surface area contributed by atoms with E-state index in [-0.39, 0.29) is 10.8 Å². The molecule has 0 saturated carbocycles. The zero-order valence-electron chi connectivity index (χ0n) is 16.9. The molecule has 30 heavy (non-hydrogen) atoms. The highest BCUT2D eigenvalue weighted by atomic mass is 32.2. The summed E-state index contributed by atoms with van der Waals surface area (Å²) in [7, 11) is -3.84. The number of hydrogen-bond donors (Lipinski definition) is 2. The van der Waals surface area contributed by atoms with Gasteiger partial charge in [0.15, 0.2) is 0 Å². The Balaban J connectivity index is 1.71. The summed E-state index contributed by atoms with van der Waals surface area (Å²) in [6.45, 7) is 4.47. The van der Waals surface area contributed by atoms with Gasteiger partial charge in [-0.1, -0.05) is 36.4 Å². The first-order valence-electron chi connectivity index (χ1n) is 9.57. The molecule has 0 aliphatic heterocycles. The second-order valence-electron chi connectivity index (χ2n) is 6.74. The minimum atomic E-state index is -3.84. The predicted octanol–water partition coefficient (Wildman–Crippen LogP) is 4.12. The maximum atomic E-state index is 12.8. The van der Waals surface area contributed by atoms with Crippen molar-refractivity contribution in [3.63, 3.8) is 0 Å². The molecule has 0 aliphatic rings. The van der Waals surface area contributed by atoms with E-state index in [1.807, 2.05) is 37.3 Å². The SMILES string of the molecule is CCNC(=O)c1cc(S(=O)(=O)Nc2ccc(OCc3ccccc3)cc2)ccc1C. The molecule has 0 atom stereocenters. The summed E-state index contributed by atoms with van der Waals surface area (Å²) in [6.07, 6.45) is 0. The minimum absolute atomic E-state index is 0.0266. The zero-order chi connectivity index (χ0) is 21.6. The molecule has 3 rings (SSSR count). The van der Waals surface area contributed by atoms with Gasteiger partial charge in [-0.3, -0.25) is 9.52 Å². The van der Waals surface area contributed by atoms with Crippen molar-refractivity contribution in [2.45, 2.75) is 25.3 Å². The van der Waals surface area contributed by atoms with Gasteiger partial charge >= 0.3 is 0 Å². The number of amides is 1. The van der Waals surface area contributed by atoms with Crippen LogP contribution in [0.4, 0.5) is 5.69 Å². The third-order valence-corrected chi connectivity index (χ3v) is 5.84. The van der Waals surface area contributed by atoms with Crippen LogP contribution in [0, 0.1) is 6.92 Å². The normalized spacial score (nSPS) is 11.0. The van der Waals surface area contributed by atoms with Crippen LogP contribution in [0.5, 0.6) is 5.75 Å². The average molecular weight is 425 g/mol. The lowest BCUT2D eigenvalue weighted by Crippen LogP contribution is -2.24. The van der Waals surface area contributed by atoms with E-state index in [2.05, 4.69) is 10.0 Å². The summed E-state index contributed by atoms with van der Waals surface area (Å²) >= 11 is 0. The Labute approximate surface area is 177 Å². The number of aryl methyl sites for hydroxylation is 1. The molecule has 156 valence electrons. The third kappa shape index (κ3) is 5.39. The molecule has 0 aliphatic carbocycles. The van der Waals surface area contributed by atoms with Crippen LogP contribution in [0.1, 0.15) is 28.4 Å². The van der Waals surface area contributed by atoms with Crippen molar-refractivity contribution >= 4 is 21.6 Å². The molecule has 2 N–H and O–H groups in total. The quantitative estimate of drug-likeness (QED) is 0.570. The molecule has 0 aromatic heterocycles. The summed E-state index contributed by atoms with van der Waals surface area (Å²) in [5.74, 6) is 0.336. The van der Waals surface area contributed by atoms with Gasteiger partial charge in [0.05, 0.1) is 4.90 Å². The van der Waals surface area contributed by atoms with Gasteiger partial charge in [0.2, 0.25) is 0 Å². The second kappa shape index (κ2) is 9.45. The first-order valence-corrected chi connectivity index (χ1v) is 11.1. The zero-order valence-corrected chi connectivity index (χ0v) is 17.7. The molecule has 0 heterocycles. The Bertz CT molecular complexity index is 1110. The van der Waals surface area contributed by atoms with E-state index >= 15 is 0 Å². The maximum Gasteiger partial charge on any atom is 0.261 e. The smallest absolute Gasteiger partial charge is 0.261 e. The fourth-order valence-electron chi connectivity index (χ4n) is 2.84. The van der Waals surface area contributed by atoms with Gasteiger partial charge in [-0.2, -0.15) is 0 Å². The number of hydrogen-bond acceptors (Lipinski definition) is 4. The molecule has 3 aromatic carbocycles. The van der Waals surface area contributed by atoms with Gasteiger partial charge in [0.1, 0.15) is 12.4 Å². The Morgan fingerprint density at radius 3 is 2.33 bits per heavy atom. The van der Waals surface area contributed by atoms with Crippen LogP contribution >= 0.6 is 0 Å². The van der Waals surface area contributed by atoms with E-state index in [4.69, 9.17) is 4.74 Å². The molecular weight excluding hydrogens is 400 g/mol. The summed E-state index contributed by atoms with van der Waals surface area (Å²) in [5.41, 5.74) is 2.50. The Hall–Kier alpha value is -3.32. The number of carbonyl (C=O) groups excluding carboxylic acids is 1. The van der Waals surface area contributed by atoms with Gasteiger partial charge in [0.25, 0.3) is 15.9 Å². The molecule has 7 heteroatoms. The van der Waals surface area contributed by atoms with E-state index < -0.39 is 10.0 Å². The number of sulfonamides is 1. The summed E-state index contributed by atoms with van der Waals surface area (Å²) in [6, 6.07) is 20.9. The Morgan fingerprint density at radius 2 is 1.67 bits per heavy atom. The predicted molar refractivity (Wildman–Crippen MR) is 117 cm³/mol. The van der Waals surface area contributed by atoms with Crippen LogP contribution in [0.25, 0.3) is 0 Å². The fourth-order valence-corrected chi connectivity index (χ4v) is 3.93. The monoisotopic (exact) mass is 424 g/mol. The molecule has 0 fully saturated rings. The van der Waals surface area contributed by atoms with Crippen LogP contribution in [-0.2, 0) is 16.6 Å². The molecule has 0 radical (unpaired) electrons. The van der Waals surface area contributed by atoms with E-state index in [0.717, 1.165) is 5.56 Å². The molecule has 0 unspecified atom stereocenters. The van der Waals surface area contributed by atoms with Crippen LogP contribution in [0.15, 0.2) is 77.7 Å². The maximum absolute atomic E-state index is 12.8. The van der Waals surface area contributed by atoms with Crippen molar-refractivity contribution in [2.24, 2.45) is 0 Å². The molecule has 3 aromatic rings. The molecule has 0 spiro atoms. The van der Waals surface area contributed by atoms with E-state index in [1.165, 1.54) is 12.1 Å². The molecule has 6 nitrogen and oxygen atoms in total. The number of nitrogens with one attached hydrogen (secondary N) is 2. The van der Waals surface area contributed by atoms with Crippen molar-refractivity contribution in [1.82, 2.24) is 5.32 Å². The van der Waals surface area contributed by atoms with Gasteiger partial charge < -0.3 is 10.1 Å². The third-order valence-electron chi connectivity index (χ3n) is 4.46. The summed E-state index contributed by atoms with van der Waals surface area (Å²) < 4.78 is 33.8. The van der Waals surface area contributed by atoms with Gasteiger partial charge in [0, 0.05) is 17.8 Å². The van der Waals surface area contributed by atoms with Crippen LogP contribution in [0.2, 0.25) is 0 Å². The number of rotatable bonds is 8. The number of ether oxygens (including phenoxy) is 1. The highest BCUT2D eigenvalue weighted by Crippen LogP contribution is 2.22. The standard InChI is InChI=1S/C23H24N2O4S/c1-3-24-23(26)22-15-21(14-9-17(22)2)30(27,28)25-19-10-12-20(13-11-19)29-16-18-7-5-4-6-8-18/h4-15,25H,3,16H2,1-2H3,(H,24,26). The molecular formula is C23H24N2O4S. The highest BCUT2D eigenvalue weighted by Gasteiger charge is 2.18. The lowest BCUT2D eigenvalue weighted by molar-refractivity contribution is 0.0955. The number of benzene rings is 3. The number of anilines is 1. The van der Waals surface area contributed by atoms with E-state index in [1.54, 1.807) is 37.3 Å². The highest BCUT2D eigenvalue weighted by molar-refractivity contribution is 7.92. The average Bonchev–Trinajstić information content (AvgIpc) is 2.74. The lowest BCUT2D eigenvalue weighted by Gasteiger charge is -2.12. The van der Waals surface area contributed by atoms with Crippen LogP contribution in [-0.4, -0.2) is 20.9 Å². The van der Waals surface area contributed by atoms with Gasteiger partial charge in [-0.05, 0) is 61.4 Å². The minimum Gasteiger partial charge on any atom is -0.489 e. The van der Waals surface area contributed by atoms with Gasteiger partial charge in [-0.15, -0.1) is 0 Å². The van der Waals surface area contributed by atoms with Crippen molar-refractivity contribution in [3.05, 3.63) is 89.5 Å². The van der Waals surface area contributed by atoms with Crippen molar-refractivity contribution in [1.29, 1.82) is 0 Å². The largest absolute Gasteiger partial charge is 0.489 e. The number of carbonyl (C=O) groups is 1. The van der Waals surface area contributed by atoms with Crippen LogP contribution in [0.3, 0.4) is 0 Å². The first kappa shape index (κ1) is 21.4. The summed E-state index contributed by atoms with van der Waals surface area (Å²) in [5, 5.41) is 2.69. The Morgan fingerprint density at radius 1 is 0.967 bits per heavy atom. The van der Waals surface area contributed by atoms with Crippen LogP contribution < -0.4 is 14.8 Å². The van der Waals surface area contributed by atoms with E-state index in [9.17, 15) is 13.2 Å². The van der Waals surface area contributed by atoms with Crippen molar-refractivity contribution in [3.8, 4) is 5.75 Å². The molecule has 1 amide bonds. The fraction of sp³-hybridized carbons (Fsp3) is 0.174. The van der Waals surface area contributed by atoms with Gasteiger partial charge in [-0.25, -0.2) is 8.42 Å².